The quantitative estimate of drug-likeness (QED) is 0.563. The lowest BCUT2D eigenvalue weighted by Crippen LogP contribution is -2.33. The number of carbonyl (C=O) groups is 1. The number of anilines is 1. The Labute approximate surface area is 124 Å². The number of aryl methyl sites for hydroxylation is 2. The third-order valence-corrected chi connectivity index (χ3v) is 3.24. The molecular weight excluding hydrogens is 274 g/mol. The van der Waals surface area contributed by atoms with Crippen LogP contribution in [0.4, 0.5) is 11.5 Å². The monoisotopic (exact) mass is 297 g/mol. The Kier molecular flexibility index (Phi) is 6.13. The van der Waals surface area contributed by atoms with Gasteiger partial charge in [0.25, 0.3) is 0 Å². The molecule has 1 unspecified atom stereocenters. The summed E-state index contributed by atoms with van der Waals surface area (Å²) < 4.78 is 1.54. The molecule has 1 rings (SSSR count). The second kappa shape index (κ2) is 7.61. The van der Waals surface area contributed by atoms with Crippen LogP contribution in [0.5, 0.6) is 0 Å². The van der Waals surface area contributed by atoms with Crippen molar-refractivity contribution in [2.24, 2.45) is 0 Å². The van der Waals surface area contributed by atoms with Crippen LogP contribution in [0.25, 0.3) is 0 Å². The Morgan fingerprint density at radius 3 is 2.67 bits per heavy atom. The number of hydrogen-bond donors (Lipinski definition) is 2. The van der Waals surface area contributed by atoms with Crippen LogP contribution in [0.2, 0.25) is 0 Å². The molecule has 0 aliphatic heterocycles. The van der Waals surface area contributed by atoms with Crippen LogP contribution in [0.15, 0.2) is 0 Å². The fourth-order valence-electron chi connectivity index (χ4n) is 1.94. The molecule has 1 aromatic rings. The van der Waals surface area contributed by atoms with E-state index in [0.29, 0.717) is 24.6 Å². The van der Waals surface area contributed by atoms with Crippen LogP contribution in [0, 0.1) is 17.0 Å². The molecule has 0 bridgehead atoms. The predicted octanol–water partition coefficient (Wildman–Crippen LogP) is 1.84. The Morgan fingerprint density at radius 1 is 1.48 bits per heavy atom. The molecule has 0 radical (unpaired) electrons. The summed E-state index contributed by atoms with van der Waals surface area (Å²) in [4.78, 5) is 22.3. The van der Waals surface area contributed by atoms with Crippen molar-refractivity contribution in [1.29, 1.82) is 0 Å². The minimum atomic E-state index is -0.448. The van der Waals surface area contributed by atoms with Crippen LogP contribution in [0.1, 0.15) is 39.3 Å². The number of amides is 1. The maximum Gasteiger partial charge on any atom is 0.333 e. The van der Waals surface area contributed by atoms with Gasteiger partial charge >= 0.3 is 5.69 Å². The van der Waals surface area contributed by atoms with Gasteiger partial charge in [-0.2, -0.15) is 5.10 Å². The van der Waals surface area contributed by atoms with E-state index in [0.717, 1.165) is 6.42 Å². The summed E-state index contributed by atoms with van der Waals surface area (Å²) in [6, 6.07) is 0.134. The topological polar surface area (TPSA) is 102 Å². The molecule has 0 aliphatic carbocycles. The summed E-state index contributed by atoms with van der Waals surface area (Å²) in [5.74, 6) is 0.287. The average molecular weight is 297 g/mol. The molecule has 0 saturated heterocycles. The molecule has 21 heavy (non-hydrogen) atoms. The van der Waals surface area contributed by atoms with Crippen molar-refractivity contribution in [3.8, 4) is 0 Å². The molecule has 1 heterocycles. The zero-order chi connectivity index (χ0) is 16.0. The number of aromatic nitrogens is 2. The Bertz CT molecular complexity index is 512. The molecule has 118 valence electrons. The molecule has 2 N–H and O–H groups in total. The van der Waals surface area contributed by atoms with E-state index in [1.807, 2.05) is 20.8 Å². The van der Waals surface area contributed by atoms with Crippen LogP contribution in [-0.4, -0.2) is 33.2 Å². The third-order valence-electron chi connectivity index (χ3n) is 3.24. The van der Waals surface area contributed by atoms with Gasteiger partial charge in [-0.1, -0.05) is 6.92 Å². The zero-order valence-corrected chi connectivity index (χ0v) is 13.0. The second-order valence-corrected chi connectivity index (χ2v) is 4.91. The Balaban J connectivity index is 2.67. The molecule has 0 aliphatic rings. The van der Waals surface area contributed by atoms with Crippen molar-refractivity contribution in [3.63, 3.8) is 0 Å². The first kappa shape index (κ1) is 16.9. The minimum Gasteiger partial charge on any atom is -0.364 e. The van der Waals surface area contributed by atoms with Gasteiger partial charge in [0.2, 0.25) is 11.7 Å². The standard InChI is InChI=1S/C13H23N5O3/c1-5-9(3)15-11(19)7-8-14-13-12(18(20)21)10(4)16-17(13)6-2/h9,14H,5-8H2,1-4H3,(H,15,19). The fraction of sp³-hybridized carbons (Fsp3) is 0.692. The lowest BCUT2D eigenvalue weighted by molar-refractivity contribution is -0.384. The Hall–Kier alpha value is -2.12. The number of hydrogen-bond acceptors (Lipinski definition) is 5. The van der Waals surface area contributed by atoms with Crippen LogP contribution < -0.4 is 10.6 Å². The SMILES string of the molecule is CCC(C)NC(=O)CCNc1c([N+](=O)[O-])c(C)nn1CC. The van der Waals surface area contributed by atoms with Gasteiger partial charge in [-0.15, -0.1) is 0 Å². The highest BCUT2D eigenvalue weighted by molar-refractivity contribution is 5.76. The molecule has 0 fully saturated rings. The van der Waals surface area contributed by atoms with Gasteiger partial charge in [-0.25, -0.2) is 4.68 Å². The van der Waals surface area contributed by atoms with E-state index in [4.69, 9.17) is 0 Å². The summed E-state index contributed by atoms with van der Waals surface area (Å²) in [6.45, 7) is 8.24. The van der Waals surface area contributed by atoms with E-state index >= 15 is 0 Å². The fourth-order valence-corrected chi connectivity index (χ4v) is 1.94. The largest absolute Gasteiger partial charge is 0.364 e. The van der Waals surface area contributed by atoms with E-state index in [9.17, 15) is 14.9 Å². The number of carbonyl (C=O) groups excluding carboxylic acids is 1. The highest BCUT2D eigenvalue weighted by Crippen LogP contribution is 2.27. The van der Waals surface area contributed by atoms with Crippen molar-refractivity contribution in [3.05, 3.63) is 15.8 Å². The normalized spacial score (nSPS) is 12.0. The van der Waals surface area contributed by atoms with E-state index in [1.54, 1.807) is 11.6 Å². The smallest absolute Gasteiger partial charge is 0.333 e. The van der Waals surface area contributed by atoms with Crippen molar-refractivity contribution in [2.75, 3.05) is 11.9 Å². The summed E-state index contributed by atoms with van der Waals surface area (Å²) in [7, 11) is 0. The number of nitro groups is 1. The van der Waals surface area contributed by atoms with Gasteiger partial charge in [0.1, 0.15) is 5.69 Å². The predicted molar refractivity (Wildman–Crippen MR) is 80.3 cm³/mol. The molecule has 1 aromatic heterocycles. The lowest BCUT2D eigenvalue weighted by Gasteiger charge is -2.12. The molecule has 0 aromatic carbocycles. The van der Waals surface area contributed by atoms with Crippen LogP contribution in [-0.2, 0) is 11.3 Å². The average Bonchev–Trinajstić information content (AvgIpc) is 2.74. The summed E-state index contributed by atoms with van der Waals surface area (Å²) in [5.41, 5.74) is 0.340. The first-order valence-electron chi connectivity index (χ1n) is 7.15. The van der Waals surface area contributed by atoms with E-state index in [1.165, 1.54) is 0 Å². The van der Waals surface area contributed by atoms with Gasteiger partial charge < -0.3 is 10.6 Å². The van der Waals surface area contributed by atoms with Gasteiger partial charge in [0.05, 0.1) is 4.92 Å². The molecule has 8 nitrogen and oxygen atoms in total. The molecular formula is C13H23N5O3. The van der Waals surface area contributed by atoms with Crippen molar-refractivity contribution < 1.29 is 9.72 Å². The van der Waals surface area contributed by atoms with E-state index < -0.39 is 4.92 Å². The number of nitrogens with one attached hydrogen (secondary N) is 2. The third kappa shape index (κ3) is 4.44. The van der Waals surface area contributed by atoms with Crippen molar-refractivity contribution in [1.82, 2.24) is 15.1 Å². The van der Waals surface area contributed by atoms with Gasteiger partial charge in [-0.05, 0) is 27.2 Å². The van der Waals surface area contributed by atoms with E-state index in [-0.39, 0.29) is 24.1 Å². The first-order chi connectivity index (χ1) is 9.90. The Morgan fingerprint density at radius 2 is 2.14 bits per heavy atom. The molecule has 0 spiro atoms. The first-order valence-corrected chi connectivity index (χ1v) is 7.15. The summed E-state index contributed by atoms with van der Waals surface area (Å²) >= 11 is 0. The second-order valence-electron chi connectivity index (χ2n) is 4.91. The van der Waals surface area contributed by atoms with Gasteiger partial charge in [-0.3, -0.25) is 14.9 Å². The number of rotatable bonds is 8. The highest BCUT2D eigenvalue weighted by Gasteiger charge is 2.24. The van der Waals surface area contributed by atoms with Crippen molar-refractivity contribution in [2.45, 2.75) is 53.1 Å². The van der Waals surface area contributed by atoms with Crippen LogP contribution >= 0.6 is 0 Å². The highest BCUT2D eigenvalue weighted by atomic mass is 16.6. The van der Waals surface area contributed by atoms with Crippen LogP contribution in [0.3, 0.4) is 0 Å². The van der Waals surface area contributed by atoms with E-state index in [2.05, 4.69) is 15.7 Å². The number of nitrogens with zero attached hydrogens (tertiary/aromatic N) is 3. The minimum absolute atomic E-state index is 0.0285. The zero-order valence-electron chi connectivity index (χ0n) is 13.0. The molecule has 8 heteroatoms. The lowest BCUT2D eigenvalue weighted by atomic mass is 10.2. The summed E-state index contributed by atoms with van der Waals surface area (Å²) in [5, 5.41) is 21.0. The van der Waals surface area contributed by atoms with Crippen molar-refractivity contribution >= 4 is 17.4 Å². The maximum absolute atomic E-state index is 11.7. The molecule has 1 amide bonds. The van der Waals surface area contributed by atoms with Gasteiger partial charge in [0, 0.05) is 25.6 Å². The molecule has 0 saturated carbocycles. The summed E-state index contributed by atoms with van der Waals surface area (Å²) in [6.07, 6.45) is 1.13. The van der Waals surface area contributed by atoms with Gasteiger partial charge in [0.15, 0.2) is 0 Å². The maximum atomic E-state index is 11.7. The molecule has 1 atom stereocenters.